The standard InChI is InChI=1S/C22H24N4O3S/c1-15-9-10-21(16(2)13-15)30(28,29)24-14-20(18-7-5-4-6-8-18)26-22(27)19-11-12-23-17(3)25-19/h4-13,20,24H,14H2,1-3H3,(H,26,27)/t20-/m0/s1. The Morgan fingerprint density at radius 2 is 1.77 bits per heavy atom. The smallest absolute Gasteiger partial charge is 0.270 e. The van der Waals surface area contributed by atoms with Gasteiger partial charge in [0.25, 0.3) is 5.91 Å². The molecule has 0 unspecified atom stereocenters. The van der Waals surface area contributed by atoms with E-state index >= 15 is 0 Å². The van der Waals surface area contributed by atoms with Crippen molar-refractivity contribution in [2.75, 3.05) is 6.54 Å². The van der Waals surface area contributed by atoms with Crippen molar-refractivity contribution in [2.24, 2.45) is 0 Å². The fraction of sp³-hybridized carbons (Fsp3) is 0.227. The summed E-state index contributed by atoms with van der Waals surface area (Å²) >= 11 is 0. The van der Waals surface area contributed by atoms with Crippen LogP contribution in [-0.2, 0) is 10.0 Å². The molecule has 156 valence electrons. The maximum Gasteiger partial charge on any atom is 0.270 e. The number of hydrogen-bond donors (Lipinski definition) is 2. The molecule has 8 heteroatoms. The van der Waals surface area contributed by atoms with E-state index in [-0.39, 0.29) is 17.1 Å². The molecule has 2 N–H and O–H groups in total. The van der Waals surface area contributed by atoms with Gasteiger partial charge in [0.2, 0.25) is 10.0 Å². The molecule has 0 aliphatic rings. The summed E-state index contributed by atoms with van der Waals surface area (Å²) in [7, 11) is -3.74. The van der Waals surface area contributed by atoms with E-state index in [4.69, 9.17) is 0 Å². The van der Waals surface area contributed by atoms with Crippen molar-refractivity contribution in [1.82, 2.24) is 20.0 Å². The molecule has 30 heavy (non-hydrogen) atoms. The predicted molar refractivity (Wildman–Crippen MR) is 115 cm³/mol. The lowest BCUT2D eigenvalue weighted by Crippen LogP contribution is -2.38. The molecule has 0 aliphatic carbocycles. The molecular weight excluding hydrogens is 400 g/mol. The number of aromatic nitrogens is 2. The van der Waals surface area contributed by atoms with E-state index in [0.717, 1.165) is 11.1 Å². The Labute approximate surface area is 176 Å². The second kappa shape index (κ2) is 9.15. The van der Waals surface area contributed by atoms with E-state index in [1.165, 1.54) is 12.3 Å². The highest BCUT2D eigenvalue weighted by atomic mass is 32.2. The molecule has 7 nitrogen and oxygen atoms in total. The van der Waals surface area contributed by atoms with Crippen LogP contribution in [0.1, 0.15) is 39.0 Å². The Morgan fingerprint density at radius 1 is 1.03 bits per heavy atom. The highest BCUT2D eigenvalue weighted by Gasteiger charge is 2.22. The summed E-state index contributed by atoms with van der Waals surface area (Å²) in [6.07, 6.45) is 1.51. The summed E-state index contributed by atoms with van der Waals surface area (Å²) in [5, 5.41) is 2.87. The number of benzene rings is 2. The van der Waals surface area contributed by atoms with Gasteiger partial charge in [0.15, 0.2) is 0 Å². The van der Waals surface area contributed by atoms with Crippen molar-refractivity contribution < 1.29 is 13.2 Å². The van der Waals surface area contributed by atoms with E-state index in [0.29, 0.717) is 11.4 Å². The lowest BCUT2D eigenvalue weighted by Gasteiger charge is -2.20. The Morgan fingerprint density at radius 3 is 2.43 bits per heavy atom. The molecule has 2 aromatic carbocycles. The number of carbonyl (C=O) groups excluding carboxylic acids is 1. The van der Waals surface area contributed by atoms with Gasteiger partial charge < -0.3 is 5.32 Å². The van der Waals surface area contributed by atoms with Crippen LogP contribution in [0.25, 0.3) is 0 Å². The third kappa shape index (κ3) is 5.28. The van der Waals surface area contributed by atoms with Crippen LogP contribution in [0.3, 0.4) is 0 Å². The summed E-state index contributed by atoms with van der Waals surface area (Å²) in [5.74, 6) is 0.0783. The van der Waals surface area contributed by atoms with E-state index in [9.17, 15) is 13.2 Å². The first kappa shape index (κ1) is 21.6. The number of amides is 1. The second-order valence-electron chi connectivity index (χ2n) is 7.05. The molecule has 1 heterocycles. The van der Waals surface area contributed by atoms with Crippen LogP contribution in [0.5, 0.6) is 0 Å². The van der Waals surface area contributed by atoms with Crippen LogP contribution in [0.4, 0.5) is 0 Å². The molecule has 0 radical (unpaired) electrons. The van der Waals surface area contributed by atoms with Gasteiger partial charge in [-0.1, -0.05) is 48.0 Å². The zero-order valence-electron chi connectivity index (χ0n) is 17.1. The third-order valence-electron chi connectivity index (χ3n) is 4.61. The summed E-state index contributed by atoms with van der Waals surface area (Å²) in [5.41, 5.74) is 2.65. The Balaban J connectivity index is 1.82. The van der Waals surface area contributed by atoms with Gasteiger partial charge in [-0.05, 0) is 44.0 Å². The number of carbonyl (C=O) groups is 1. The second-order valence-corrected chi connectivity index (χ2v) is 8.78. The summed E-state index contributed by atoms with van der Waals surface area (Å²) < 4.78 is 28.3. The van der Waals surface area contributed by atoms with Gasteiger partial charge in [0.05, 0.1) is 10.9 Å². The van der Waals surface area contributed by atoms with Crippen LogP contribution in [0, 0.1) is 20.8 Å². The van der Waals surface area contributed by atoms with Crippen molar-refractivity contribution in [1.29, 1.82) is 0 Å². The molecule has 0 spiro atoms. The monoisotopic (exact) mass is 424 g/mol. The quantitative estimate of drug-likeness (QED) is 0.607. The van der Waals surface area contributed by atoms with Crippen molar-refractivity contribution in [3.8, 4) is 0 Å². The first-order chi connectivity index (χ1) is 14.3. The minimum absolute atomic E-state index is 0.00450. The minimum Gasteiger partial charge on any atom is -0.343 e. The summed E-state index contributed by atoms with van der Waals surface area (Å²) in [6, 6.07) is 15.3. The van der Waals surface area contributed by atoms with Gasteiger partial charge in [-0.3, -0.25) is 4.79 Å². The first-order valence-electron chi connectivity index (χ1n) is 9.48. The zero-order valence-corrected chi connectivity index (χ0v) is 17.9. The molecule has 0 aliphatic heterocycles. The number of nitrogens with one attached hydrogen (secondary N) is 2. The molecule has 1 aromatic heterocycles. The maximum absolute atomic E-state index is 12.9. The van der Waals surface area contributed by atoms with Gasteiger partial charge in [-0.25, -0.2) is 23.1 Å². The van der Waals surface area contributed by atoms with Crippen molar-refractivity contribution in [3.05, 3.63) is 89.0 Å². The molecule has 0 saturated carbocycles. The number of nitrogens with zero attached hydrogens (tertiary/aromatic N) is 2. The first-order valence-corrected chi connectivity index (χ1v) is 11.0. The largest absolute Gasteiger partial charge is 0.343 e. The molecule has 1 atom stereocenters. The van der Waals surface area contributed by atoms with Crippen LogP contribution >= 0.6 is 0 Å². The highest BCUT2D eigenvalue weighted by molar-refractivity contribution is 7.89. The predicted octanol–water partition coefficient (Wildman–Crippen LogP) is 2.85. The molecule has 3 aromatic rings. The Kier molecular flexibility index (Phi) is 6.59. The zero-order chi connectivity index (χ0) is 21.7. The average molecular weight is 425 g/mol. The maximum atomic E-state index is 12.9. The summed E-state index contributed by atoms with van der Waals surface area (Å²) in [4.78, 5) is 21.0. The topological polar surface area (TPSA) is 101 Å². The van der Waals surface area contributed by atoms with Gasteiger partial charge in [0, 0.05) is 12.7 Å². The van der Waals surface area contributed by atoms with Gasteiger partial charge in [-0.2, -0.15) is 0 Å². The van der Waals surface area contributed by atoms with E-state index in [2.05, 4.69) is 20.0 Å². The van der Waals surface area contributed by atoms with Crippen LogP contribution in [0.15, 0.2) is 65.7 Å². The molecule has 1 amide bonds. The van der Waals surface area contributed by atoms with Crippen molar-refractivity contribution in [3.63, 3.8) is 0 Å². The van der Waals surface area contributed by atoms with Crippen molar-refractivity contribution >= 4 is 15.9 Å². The third-order valence-corrected chi connectivity index (χ3v) is 6.20. The molecule has 0 fully saturated rings. The van der Waals surface area contributed by atoms with E-state index < -0.39 is 22.0 Å². The molecule has 3 rings (SSSR count). The van der Waals surface area contributed by atoms with Crippen LogP contribution in [-0.4, -0.2) is 30.8 Å². The fourth-order valence-electron chi connectivity index (χ4n) is 3.12. The number of sulfonamides is 1. The number of aryl methyl sites for hydroxylation is 3. The average Bonchev–Trinajstić information content (AvgIpc) is 2.71. The van der Waals surface area contributed by atoms with E-state index in [1.807, 2.05) is 43.3 Å². The minimum atomic E-state index is -3.74. The van der Waals surface area contributed by atoms with Crippen molar-refractivity contribution in [2.45, 2.75) is 31.7 Å². The number of rotatable bonds is 7. The SMILES string of the molecule is Cc1ccc(S(=O)(=O)NC[C@H](NC(=O)c2ccnc(C)n2)c2ccccc2)c(C)c1. The van der Waals surface area contributed by atoms with E-state index in [1.54, 1.807) is 26.0 Å². The normalized spacial score (nSPS) is 12.4. The molecule has 0 saturated heterocycles. The van der Waals surface area contributed by atoms with Crippen LogP contribution in [0.2, 0.25) is 0 Å². The summed E-state index contributed by atoms with van der Waals surface area (Å²) in [6.45, 7) is 5.36. The Hall–Kier alpha value is -3.10. The highest BCUT2D eigenvalue weighted by Crippen LogP contribution is 2.18. The lowest BCUT2D eigenvalue weighted by molar-refractivity contribution is 0.0931. The lowest BCUT2D eigenvalue weighted by atomic mass is 10.1. The number of hydrogen-bond acceptors (Lipinski definition) is 5. The van der Waals surface area contributed by atoms with Gasteiger partial charge in [-0.15, -0.1) is 0 Å². The molecular formula is C22H24N4O3S. The van der Waals surface area contributed by atoms with Gasteiger partial charge >= 0.3 is 0 Å². The fourth-order valence-corrected chi connectivity index (χ4v) is 4.40. The van der Waals surface area contributed by atoms with Gasteiger partial charge in [0.1, 0.15) is 11.5 Å². The molecule has 0 bridgehead atoms. The Bertz CT molecular complexity index is 1150. The van der Waals surface area contributed by atoms with Crippen LogP contribution < -0.4 is 10.0 Å².